The van der Waals surface area contributed by atoms with Crippen LogP contribution in [0.2, 0.25) is 0 Å². The van der Waals surface area contributed by atoms with Gasteiger partial charge in [-0.2, -0.15) is 0 Å². The number of hydrogen-bond donors (Lipinski definition) is 2. The van der Waals surface area contributed by atoms with Crippen LogP contribution < -0.4 is 10.5 Å². The SMILES string of the molecule is NS(=O)(=O)c1cccc(NC(=O)COC(=O)CC2CCCCC2)c1. The number of amides is 1. The molecule has 1 aliphatic carbocycles. The molecule has 24 heavy (non-hydrogen) atoms. The summed E-state index contributed by atoms with van der Waals surface area (Å²) in [4.78, 5) is 23.5. The molecule has 1 fully saturated rings. The number of esters is 1. The number of benzene rings is 1. The van der Waals surface area contributed by atoms with Crippen molar-refractivity contribution in [2.75, 3.05) is 11.9 Å². The van der Waals surface area contributed by atoms with E-state index in [0.29, 0.717) is 12.3 Å². The Morgan fingerprint density at radius 3 is 2.58 bits per heavy atom. The first-order valence-electron chi connectivity index (χ1n) is 7.93. The van der Waals surface area contributed by atoms with E-state index in [-0.39, 0.29) is 16.6 Å². The summed E-state index contributed by atoms with van der Waals surface area (Å²) in [5.41, 5.74) is 0.273. The first-order chi connectivity index (χ1) is 11.3. The van der Waals surface area contributed by atoms with Crippen molar-refractivity contribution in [2.45, 2.75) is 43.4 Å². The van der Waals surface area contributed by atoms with Crippen molar-refractivity contribution >= 4 is 27.6 Å². The van der Waals surface area contributed by atoms with Crippen molar-refractivity contribution in [3.8, 4) is 0 Å². The molecule has 2 rings (SSSR count). The fourth-order valence-corrected chi connectivity index (χ4v) is 3.34. The summed E-state index contributed by atoms with van der Waals surface area (Å²) in [6.07, 6.45) is 5.89. The smallest absolute Gasteiger partial charge is 0.306 e. The third kappa shape index (κ3) is 5.93. The number of carbonyl (C=O) groups excluding carboxylic acids is 2. The molecule has 0 bridgehead atoms. The molecule has 1 amide bonds. The van der Waals surface area contributed by atoms with E-state index in [1.165, 1.54) is 30.7 Å². The summed E-state index contributed by atoms with van der Waals surface area (Å²) >= 11 is 0. The van der Waals surface area contributed by atoms with Gasteiger partial charge in [-0.15, -0.1) is 0 Å². The van der Waals surface area contributed by atoms with Gasteiger partial charge in [0.15, 0.2) is 6.61 Å². The zero-order valence-electron chi connectivity index (χ0n) is 13.4. The Hall–Kier alpha value is -1.93. The summed E-state index contributed by atoms with van der Waals surface area (Å²) < 4.78 is 27.5. The minimum absolute atomic E-state index is 0.102. The molecule has 1 aromatic carbocycles. The molecule has 0 radical (unpaired) electrons. The Bertz CT molecular complexity index is 696. The maximum absolute atomic E-state index is 11.8. The van der Waals surface area contributed by atoms with Crippen LogP contribution in [-0.2, 0) is 24.3 Å². The van der Waals surface area contributed by atoms with Crippen LogP contribution >= 0.6 is 0 Å². The second-order valence-corrected chi connectivity index (χ2v) is 7.55. The van der Waals surface area contributed by atoms with Gasteiger partial charge in [0.05, 0.1) is 4.90 Å². The second kappa shape index (κ2) is 8.25. The van der Waals surface area contributed by atoms with Crippen LogP contribution in [0.25, 0.3) is 0 Å². The molecule has 7 nitrogen and oxygen atoms in total. The number of hydrogen-bond acceptors (Lipinski definition) is 5. The first-order valence-corrected chi connectivity index (χ1v) is 9.47. The van der Waals surface area contributed by atoms with E-state index >= 15 is 0 Å². The van der Waals surface area contributed by atoms with Crippen LogP contribution in [0, 0.1) is 5.92 Å². The van der Waals surface area contributed by atoms with E-state index in [4.69, 9.17) is 9.88 Å². The van der Waals surface area contributed by atoms with Crippen molar-refractivity contribution in [3.05, 3.63) is 24.3 Å². The predicted molar refractivity (Wildman–Crippen MR) is 88.6 cm³/mol. The molecule has 0 unspecified atom stereocenters. The Labute approximate surface area is 141 Å². The van der Waals surface area contributed by atoms with Gasteiger partial charge in [0.1, 0.15) is 0 Å². The van der Waals surface area contributed by atoms with Gasteiger partial charge in [-0.1, -0.05) is 25.3 Å². The Morgan fingerprint density at radius 2 is 1.92 bits per heavy atom. The molecular formula is C16H22N2O5S. The molecule has 0 heterocycles. The zero-order valence-corrected chi connectivity index (χ0v) is 14.2. The highest BCUT2D eigenvalue weighted by Gasteiger charge is 2.18. The highest BCUT2D eigenvalue weighted by molar-refractivity contribution is 7.89. The maximum atomic E-state index is 11.8. The zero-order chi connectivity index (χ0) is 17.6. The molecule has 8 heteroatoms. The van der Waals surface area contributed by atoms with Crippen molar-refractivity contribution < 1.29 is 22.7 Å². The van der Waals surface area contributed by atoms with Crippen molar-refractivity contribution in [1.82, 2.24) is 0 Å². The molecular weight excluding hydrogens is 332 g/mol. The lowest BCUT2D eigenvalue weighted by Gasteiger charge is -2.20. The van der Waals surface area contributed by atoms with Gasteiger partial charge in [-0.3, -0.25) is 9.59 Å². The van der Waals surface area contributed by atoms with Crippen molar-refractivity contribution in [2.24, 2.45) is 11.1 Å². The monoisotopic (exact) mass is 354 g/mol. The van der Waals surface area contributed by atoms with Gasteiger partial charge >= 0.3 is 5.97 Å². The van der Waals surface area contributed by atoms with Crippen LogP contribution in [0.4, 0.5) is 5.69 Å². The summed E-state index contributed by atoms with van der Waals surface area (Å²) in [7, 11) is -3.84. The average Bonchev–Trinajstić information content (AvgIpc) is 2.53. The van der Waals surface area contributed by atoms with E-state index in [1.54, 1.807) is 0 Å². The number of nitrogens with two attached hydrogens (primary N) is 1. The number of ether oxygens (including phenoxy) is 1. The molecule has 1 saturated carbocycles. The Morgan fingerprint density at radius 1 is 1.21 bits per heavy atom. The predicted octanol–water partition coefficient (Wildman–Crippen LogP) is 1.79. The lowest BCUT2D eigenvalue weighted by Crippen LogP contribution is -2.22. The molecule has 1 aliphatic rings. The summed E-state index contributed by atoms with van der Waals surface area (Å²) in [6, 6.07) is 5.56. The van der Waals surface area contributed by atoms with E-state index in [9.17, 15) is 18.0 Å². The lowest BCUT2D eigenvalue weighted by molar-refractivity contribution is -0.148. The van der Waals surface area contributed by atoms with Gasteiger partial charge < -0.3 is 10.1 Å². The quantitative estimate of drug-likeness (QED) is 0.756. The van der Waals surface area contributed by atoms with E-state index in [1.807, 2.05) is 0 Å². The Balaban J connectivity index is 1.79. The van der Waals surface area contributed by atoms with Gasteiger partial charge in [0.2, 0.25) is 10.0 Å². The van der Waals surface area contributed by atoms with Crippen LogP contribution in [0.5, 0.6) is 0 Å². The number of primary sulfonamides is 1. The fraction of sp³-hybridized carbons (Fsp3) is 0.500. The third-order valence-electron chi connectivity index (χ3n) is 3.99. The third-order valence-corrected chi connectivity index (χ3v) is 4.90. The van der Waals surface area contributed by atoms with E-state index < -0.39 is 22.5 Å². The minimum atomic E-state index is -3.84. The minimum Gasteiger partial charge on any atom is -0.456 e. The molecule has 0 aliphatic heterocycles. The number of carbonyl (C=O) groups is 2. The number of nitrogens with one attached hydrogen (secondary N) is 1. The van der Waals surface area contributed by atoms with E-state index in [2.05, 4.69) is 5.32 Å². The molecule has 0 saturated heterocycles. The topological polar surface area (TPSA) is 116 Å². The van der Waals surface area contributed by atoms with Crippen LogP contribution in [0.1, 0.15) is 38.5 Å². The highest BCUT2D eigenvalue weighted by Crippen LogP contribution is 2.26. The number of rotatable bonds is 6. The van der Waals surface area contributed by atoms with Crippen molar-refractivity contribution in [1.29, 1.82) is 0 Å². The molecule has 132 valence electrons. The van der Waals surface area contributed by atoms with Crippen molar-refractivity contribution in [3.63, 3.8) is 0 Å². The van der Waals surface area contributed by atoms with Crippen LogP contribution in [-0.4, -0.2) is 26.9 Å². The second-order valence-electron chi connectivity index (χ2n) is 5.99. The number of anilines is 1. The van der Waals surface area contributed by atoms with E-state index in [0.717, 1.165) is 25.7 Å². The summed E-state index contributed by atoms with van der Waals surface area (Å²) in [5, 5.41) is 7.51. The molecule has 0 spiro atoms. The van der Waals surface area contributed by atoms with Gasteiger partial charge in [0.25, 0.3) is 5.91 Å². The van der Waals surface area contributed by atoms with Crippen LogP contribution in [0.3, 0.4) is 0 Å². The molecule has 0 atom stereocenters. The number of sulfonamides is 1. The standard InChI is InChI=1S/C16H22N2O5S/c17-24(21,22)14-8-4-7-13(10-14)18-15(19)11-23-16(20)9-12-5-2-1-3-6-12/h4,7-8,10,12H,1-3,5-6,9,11H2,(H,18,19)(H2,17,21,22). The van der Waals surface area contributed by atoms with Crippen LogP contribution in [0.15, 0.2) is 29.2 Å². The first kappa shape index (κ1) is 18.4. The fourth-order valence-electron chi connectivity index (χ4n) is 2.78. The Kier molecular flexibility index (Phi) is 6.33. The normalized spacial score (nSPS) is 15.7. The molecule has 3 N–H and O–H groups in total. The van der Waals surface area contributed by atoms with Gasteiger partial charge in [-0.05, 0) is 37.0 Å². The highest BCUT2D eigenvalue weighted by atomic mass is 32.2. The molecule has 1 aromatic rings. The lowest BCUT2D eigenvalue weighted by atomic mass is 9.87. The summed E-state index contributed by atoms with van der Waals surface area (Å²) in [6.45, 7) is -0.398. The molecule has 0 aromatic heterocycles. The maximum Gasteiger partial charge on any atom is 0.306 e. The van der Waals surface area contributed by atoms with Gasteiger partial charge in [-0.25, -0.2) is 13.6 Å². The average molecular weight is 354 g/mol. The summed E-state index contributed by atoms with van der Waals surface area (Å²) in [5.74, 6) is -0.561. The largest absolute Gasteiger partial charge is 0.456 e. The van der Waals surface area contributed by atoms with Gasteiger partial charge in [0, 0.05) is 12.1 Å².